The Morgan fingerprint density at radius 1 is 1.53 bits per heavy atom. The molecule has 0 amide bonds. The van der Waals surface area contributed by atoms with Gasteiger partial charge in [0, 0.05) is 12.7 Å². The van der Waals surface area contributed by atoms with E-state index >= 15 is 0 Å². The number of aryl methyl sites for hydroxylation is 1. The molecule has 3 N–H and O–H groups in total. The van der Waals surface area contributed by atoms with Gasteiger partial charge < -0.3 is 10.8 Å². The van der Waals surface area contributed by atoms with Gasteiger partial charge in [0.15, 0.2) is 5.69 Å². The van der Waals surface area contributed by atoms with Crippen molar-refractivity contribution in [2.24, 2.45) is 5.73 Å². The maximum absolute atomic E-state index is 12.3. The van der Waals surface area contributed by atoms with E-state index in [0.29, 0.717) is 6.42 Å². The van der Waals surface area contributed by atoms with Crippen molar-refractivity contribution in [1.29, 1.82) is 0 Å². The maximum atomic E-state index is 12.3. The Balaban J connectivity index is 2.54. The molecule has 0 spiro atoms. The first-order valence-corrected chi connectivity index (χ1v) is 5.82. The van der Waals surface area contributed by atoms with E-state index in [2.05, 4.69) is 5.10 Å². The molecule has 1 aromatic rings. The Hall–Kier alpha value is -1.57. The van der Waals surface area contributed by atoms with Crippen LogP contribution in [-0.2, 0) is 17.5 Å². The van der Waals surface area contributed by atoms with E-state index in [1.54, 1.807) is 6.92 Å². The molecule has 1 unspecified atom stereocenters. The van der Waals surface area contributed by atoms with E-state index in [9.17, 15) is 18.0 Å². The minimum atomic E-state index is -4.46. The van der Waals surface area contributed by atoms with E-state index in [0.717, 1.165) is 10.7 Å². The fraction of sp³-hybridized carbons (Fsp3) is 0.636. The van der Waals surface area contributed by atoms with Crippen LogP contribution < -0.4 is 5.73 Å². The molecule has 1 rings (SSSR count). The molecule has 5 nitrogen and oxygen atoms in total. The van der Waals surface area contributed by atoms with Gasteiger partial charge in [0.2, 0.25) is 0 Å². The Kier molecular flexibility index (Phi) is 4.56. The summed E-state index contributed by atoms with van der Waals surface area (Å²) < 4.78 is 38.0. The van der Waals surface area contributed by atoms with Gasteiger partial charge in [-0.05, 0) is 25.3 Å². The third-order valence-electron chi connectivity index (χ3n) is 3.00. The summed E-state index contributed by atoms with van der Waals surface area (Å²) in [5, 5.41) is 12.3. The molecular formula is C11H16F3N3O2. The zero-order chi connectivity index (χ0) is 14.7. The smallest absolute Gasteiger partial charge is 0.435 e. The zero-order valence-electron chi connectivity index (χ0n) is 10.4. The minimum absolute atomic E-state index is 0.181. The predicted molar refractivity (Wildman–Crippen MR) is 61.3 cm³/mol. The number of nitrogens with zero attached hydrogens (tertiary/aromatic N) is 2. The maximum Gasteiger partial charge on any atom is 0.435 e. The Bertz CT molecular complexity index is 445. The lowest BCUT2D eigenvalue weighted by Gasteiger charge is -2.22. The summed E-state index contributed by atoms with van der Waals surface area (Å²) in [5.74, 6) is -1.11. The first-order chi connectivity index (χ1) is 8.69. The zero-order valence-corrected chi connectivity index (χ0v) is 10.4. The molecular weight excluding hydrogens is 263 g/mol. The summed E-state index contributed by atoms with van der Waals surface area (Å²) in [7, 11) is 0. The van der Waals surface area contributed by atoms with Crippen LogP contribution in [0.15, 0.2) is 12.3 Å². The number of aromatic nitrogens is 2. The number of aliphatic carboxylic acids is 1. The van der Waals surface area contributed by atoms with Crippen molar-refractivity contribution >= 4 is 5.97 Å². The van der Waals surface area contributed by atoms with Gasteiger partial charge in [0.05, 0.1) is 0 Å². The second kappa shape index (κ2) is 5.60. The average molecular weight is 279 g/mol. The van der Waals surface area contributed by atoms with Crippen LogP contribution in [0, 0.1) is 0 Å². The molecule has 0 aliphatic rings. The van der Waals surface area contributed by atoms with Gasteiger partial charge >= 0.3 is 12.1 Å². The number of nitrogens with two attached hydrogens (primary N) is 1. The predicted octanol–water partition coefficient (Wildman–Crippen LogP) is 1.87. The molecule has 0 radical (unpaired) electrons. The lowest BCUT2D eigenvalue weighted by molar-refractivity contribution is -0.144. The summed E-state index contributed by atoms with van der Waals surface area (Å²) in [6, 6.07) is 0.882. The highest BCUT2D eigenvalue weighted by molar-refractivity contribution is 5.78. The van der Waals surface area contributed by atoms with Crippen molar-refractivity contribution in [1.82, 2.24) is 9.78 Å². The summed E-state index contributed by atoms with van der Waals surface area (Å²) in [5.41, 5.74) is 3.38. The number of carbonyl (C=O) groups is 1. The molecule has 0 aliphatic heterocycles. The van der Waals surface area contributed by atoms with E-state index in [-0.39, 0.29) is 19.4 Å². The molecule has 1 atom stereocenters. The average Bonchev–Trinajstić information content (AvgIpc) is 2.77. The molecule has 0 saturated carbocycles. The standard InChI is InChI=1S/C11H16F3N3O2/c1-2-10(15,9(18)19)5-3-6-17-7-4-8(16-17)11(12,13)14/h4,7H,2-3,5-6,15H2,1H3,(H,18,19). The number of carboxylic acid groups (broad SMARTS) is 1. The quantitative estimate of drug-likeness (QED) is 0.833. The van der Waals surface area contributed by atoms with Gasteiger partial charge in [-0.2, -0.15) is 18.3 Å². The Morgan fingerprint density at radius 3 is 2.58 bits per heavy atom. The van der Waals surface area contributed by atoms with E-state index < -0.39 is 23.4 Å². The van der Waals surface area contributed by atoms with Crippen LogP contribution in [0.3, 0.4) is 0 Å². The fourth-order valence-corrected chi connectivity index (χ4v) is 1.63. The first-order valence-electron chi connectivity index (χ1n) is 5.82. The van der Waals surface area contributed by atoms with Crippen LogP contribution in [0.1, 0.15) is 31.9 Å². The number of carboxylic acids is 1. The van der Waals surface area contributed by atoms with Gasteiger partial charge in [-0.1, -0.05) is 6.92 Å². The molecule has 8 heteroatoms. The van der Waals surface area contributed by atoms with Crippen molar-refractivity contribution in [3.8, 4) is 0 Å². The third kappa shape index (κ3) is 3.95. The number of halogens is 3. The number of hydrogen-bond donors (Lipinski definition) is 2. The molecule has 1 heterocycles. The monoisotopic (exact) mass is 279 g/mol. The lowest BCUT2D eigenvalue weighted by atomic mass is 9.92. The molecule has 1 aromatic heterocycles. The van der Waals surface area contributed by atoms with E-state index in [1.807, 2.05) is 0 Å². The molecule has 108 valence electrons. The number of rotatable bonds is 6. The number of hydrogen-bond acceptors (Lipinski definition) is 3. The second-order valence-electron chi connectivity index (χ2n) is 4.38. The highest BCUT2D eigenvalue weighted by atomic mass is 19.4. The Labute approximate surface area is 108 Å². The highest BCUT2D eigenvalue weighted by Gasteiger charge is 2.34. The van der Waals surface area contributed by atoms with Crippen LogP contribution in [0.4, 0.5) is 13.2 Å². The molecule has 0 saturated heterocycles. The van der Waals surface area contributed by atoms with Gasteiger partial charge in [-0.25, -0.2) is 0 Å². The molecule has 0 aliphatic carbocycles. The van der Waals surface area contributed by atoms with Crippen LogP contribution in [0.2, 0.25) is 0 Å². The largest absolute Gasteiger partial charge is 0.480 e. The summed E-state index contributed by atoms with van der Waals surface area (Å²) in [6.45, 7) is 1.85. The third-order valence-corrected chi connectivity index (χ3v) is 3.00. The second-order valence-corrected chi connectivity index (χ2v) is 4.38. The van der Waals surface area contributed by atoms with Crippen molar-refractivity contribution < 1.29 is 23.1 Å². The highest BCUT2D eigenvalue weighted by Crippen LogP contribution is 2.27. The summed E-state index contributed by atoms with van der Waals surface area (Å²) in [4.78, 5) is 10.9. The SMILES string of the molecule is CCC(N)(CCCn1ccc(C(F)(F)F)n1)C(=O)O. The van der Waals surface area contributed by atoms with Gasteiger partial charge in [-0.15, -0.1) is 0 Å². The van der Waals surface area contributed by atoms with Gasteiger partial charge in [-0.3, -0.25) is 9.48 Å². The number of alkyl halides is 3. The molecule has 19 heavy (non-hydrogen) atoms. The van der Waals surface area contributed by atoms with Crippen molar-refractivity contribution in [3.63, 3.8) is 0 Å². The first kappa shape index (κ1) is 15.5. The molecule has 0 bridgehead atoms. The summed E-state index contributed by atoms with van der Waals surface area (Å²) in [6.07, 6.45) is -2.47. The van der Waals surface area contributed by atoms with Crippen molar-refractivity contribution in [2.45, 2.75) is 44.4 Å². The summed E-state index contributed by atoms with van der Waals surface area (Å²) >= 11 is 0. The van der Waals surface area contributed by atoms with Gasteiger partial charge in [0.1, 0.15) is 5.54 Å². The van der Waals surface area contributed by atoms with Crippen LogP contribution in [-0.4, -0.2) is 26.4 Å². The fourth-order valence-electron chi connectivity index (χ4n) is 1.63. The van der Waals surface area contributed by atoms with Crippen LogP contribution in [0.25, 0.3) is 0 Å². The Morgan fingerprint density at radius 2 is 2.16 bits per heavy atom. The van der Waals surface area contributed by atoms with Gasteiger partial charge in [0.25, 0.3) is 0 Å². The van der Waals surface area contributed by atoms with Crippen molar-refractivity contribution in [3.05, 3.63) is 18.0 Å². The normalized spacial score (nSPS) is 15.2. The topological polar surface area (TPSA) is 81.1 Å². The molecule has 0 aromatic carbocycles. The van der Waals surface area contributed by atoms with Crippen molar-refractivity contribution in [2.75, 3.05) is 0 Å². The lowest BCUT2D eigenvalue weighted by Crippen LogP contribution is -2.47. The van der Waals surface area contributed by atoms with E-state index in [1.165, 1.54) is 6.20 Å². The van der Waals surface area contributed by atoms with Crippen LogP contribution >= 0.6 is 0 Å². The minimum Gasteiger partial charge on any atom is -0.480 e. The van der Waals surface area contributed by atoms with E-state index in [4.69, 9.17) is 10.8 Å². The van der Waals surface area contributed by atoms with Crippen LogP contribution in [0.5, 0.6) is 0 Å². The molecule has 0 fully saturated rings.